The Morgan fingerprint density at radius 1 is 0.743 bits per heavy atom. The zero-order valence-corrected chi connectivity index (χ0v) is 19.0. The second kappa shape index (κ2) is 14.3. The minimum absolute atomic E-state index is 0.670. The molecule has 2 aliphatic rings. The molecule has 0 radical (unpaired) electrons. The van der Waals surface area contributed by atoms with E-state index in [0.717, 1.165) is 0 Å². The summed E-state index contributed by atoms with van der Waals surface area (Å²) in [6.07, 6.45) is -19.7. The van der Waals surface area contributed by atoms with Gasteiger partial charge in [-0.15, -0.1) is 0 Å². The van der Waals surface area contributed by atoms with Crippen LogP contribution in [-0.2, 0) is 28.4 Å². The monoisotopic (exact) mass is 520 g/mol. The highest BCUT2D eigenvalue weighted by Gasteiger charge is 2.51. The van der Waals surface area contributed by atoms with Crippen LogP contribution in [0.2, 0.25) is 0 Å². The topological polar surface area (TPSA) is 258 Å². The standard InChI is InChI=1S/C19H36O16/c1-30-19-17(32-6-31-8(3-21)11(25)7(24)2-20)16(13(27)10(5-23)34-19)35-18-15(29)14(28)12(26)9(4-22)33-18/h7-29H,2-6H2,1H3. The molecule has 2 heterocycles. The quantitative estimate of drug-likeness (QED) is 0.101. The van der Waals surface area contributed by atoms with Crippen molar-refractivity contribution in [3.63, 3.8) is 0 Å². The fraction of sp³-hybridized carbons (Fsp3) is 1.00. The van der Waals surface area contributed by atoms with Crippen molar-refractivity contribution >= 4 is 0 Å². The molecular weight excluding hydrogens is 484 g/mol. The van der Waals surface area contributed by atoms with E-state index in [1.807, 2.05) is 0 Å². The Hall–Kier alpha value is -0.640. The largest absolute Gasteiger partial charge is 0.394 e. The number of aliphatic hydroxyl groups excluding tert-OH is 10. The fourth-order valence-electron chi connectivity index (χ4n) is 3.72. The molecule has 0 spiro atoms. The molecule has 2 aliphatic heterocycles. The lowest BCUT2D eigenvalue weighted by molar-refractivity contribution is -0.368. The Kier molecular flexibility index (Phi) is 12.5. The van der Waals surface area contributed by atoms with Crippen LogP contribution in [0.25, 0.3) is 0 Å². The molecule has 2 fully saturated rings. The van der Waals surface area contributed by atoms with Crippen molar-refractivity contribution in [3.05, 3.63) is 0 Å². The van der Waals surface area contributed by atoms with Crippen LogP contribution in [-0.4, -0.2) is 171 Å². The summed E-state index contributed by atoms with van der Waals surface area (Å²) in [5, 5.41) is 97.7. The molecule has 0 aromatic carbocycles. The van der Waals surface area contributed by atoms with Crippen LogP contribution in [0.1, 0.15) is 0 Å². The smallest absolute Gasteiger partial charge is 0.187 e. The Labute approximate surface area is 200 Å². The van der Waals surface area contributed by atoms with Gasteiger partial charge in [0.1, 0.15) is 73.9 Å². The Bertz CT molecular complexity index is 597. The highest BCUT2D eigenvalue weighted by molar-refractivity contribution is 4.94. The van der Waals surface area contributed by atoms with E-state index in [4.69, 9.17) is 33.5 Å². The Morgan fingerprint density at radius 2 is 1.34 bits per heavy atom. The average Bonchev–Trinajstić information content (AvgIpc) is 2.87. The minimum atomic E-state index is -1.80. The molecule has 0 aromatic rings. The third-order valence-electron chi connectivity index (χ3n) is 5.86. The fourth-order valence-corrected chi connectivity index (χ4v) is 3.72. The summed E-state index contributed by atoms with van der Waals surface area (Å²) in [6, 6.07) is 0. The summed E-state index contributed by atoms with van der Waals surface area (Å²) in [6.45, 7) is -3.63. The molecule has 0 amide bonds. The lowest BCUT2D eigenvalue weighted by Crippen LogP contribution is -2.65. The molecule has 0 aliphatic carbocycles. The van der Waals surface area contributed by atoms with Gasteiger partial charge in [0.25, 0.3) is 0 Å². The van der Waals surface area contributed by atoms with Crippen molar-refractivity contribution in [2.75, 3.05) is 40.3 Å². The van der Waals surface area contributed by atoms with E-state index in [2.05, 4.69) is 0 Å². The summed E-state index contributed by atoms with van der Waals surface area (Å²) in [4.78, 5) is 0. The third kappa shape index (κ3) is 7.23. The zero-order chi connectivity index (χ0) is 26.3. The molecule has 16 heteroatoms. The molecule has 10 N–H and O–H groups in total. The third-order valence-corrected chi connectivity index (χ3v) is 5.86. The second-order valence-corrected chi connectivity index (χ2v) is 8.13. The van der Waals surface area contributed by atoms with Crippen molar-refractivity contribution in [1.82, 2.24) is 0 Å². The molecule has 35 heavy (non-hydrogen) atoms. The molecule has 2 rings (SSSR count). The molecule has 0 saturated carbocycles. The predicted molar refractivity (Wildman–Crippen MR) is 108 cm³/mol. The molecule has 0 bridgehead atoms. The van der Waals surface area contributed by atoms with E-state index >= 15 is 0 Å². The molecule has 0 aromatic heterocycles. The molecule has 2 saturated heterocycles. The van der Waals surface area contributed by atoms with Gasteiger partial charge in [-0.3, -0.25) is 0 Å². The van der Waals surface area contributed by atoms with Crippen LogP contribution < -0.4 is 0 Å². The minimum Gasteiger partial charge on any atom is -0.394 e. The average molecular weight is 520 g/mol. The molecule has 208 valence electrons. The zero-order valence-electron chi connectivity index (χ0n) is 19.0. The van der Waals surface area contributed by atoms with Crippen LogP contribution in [0, 0.1) is 0 Å². The summed E-state index contributed by atoms with van der Waals surface area (Å²) in [5.41, 5.74) is 0. The van der Waals surface area contributed by atoms with E-state index in [1.54, 1.807) is 0 Å². The van der Waals surface area contributed by atoms with Gasteiger partial charge in [0, 0.05) is 7.11 Å². The van der Waals surface area contributed by atoms with Gasteiger partial charge in [-0.05, 0) is 0 Å². The van der Waals surface area contributed by atoms with E-state index in [9.17, 15) is 46.0 Å². The number of methoxy groups -OCH3 is 1. The van der Waals surface area contributed by atoms with E-state index in [-0.39, 0.29) is 0 Å². The summed E-state index contributed by atoms with van der Waals surface area (Å²) in [7, 11) is 1.22. The van der Waals surface area contributed by atoms with Gasteiger partial charge >= 0.3 is 0 Å². The first kappa shape index (κ1) is 30.6. The van der Waals surface area contributed by atoms with Gasteiger partial charge in [0.05, 0.1) is 26.4 Å². The number of hydrogen-bond donors (Lipinski definition) is 10. The molecular formula is C19H36O16. The molecule has 13 atom stereocenters. The van der Waals surface area contributed by atoms with Crippen LogP contribution in [0.15, 0.2) is 0 Å². The maximum atomic E-state index is 10.7. The highest BCUT2D eigenvalue weighted by atomic mass is 16.8. The van der Waals surface area contributed by atoms with Gasteiger partial charge < -0.3 is 79.5 Å². The van der Waals surface area contributed by atoms with Crippen molar-refractivity contribution in [1.29, 1.82) is 0 Å². The second-order valence-electron chi connectivity index (χ2n) is 8.13. The van der Waals surface area contributed by atoms with E-state index in [1.165, 1.54) is 7.11 Å². The van der Waals surface area contributed by atoms with Gasteiger partial charge in [-0.1, -0.05) is 0 Å². The van der Waals surface area contributed by atoms with Crippen molar-refractivity contribution in [2.45, 2.75) is 79.7 Å². The summed E-state index contributed by atoms with van der Waals surface area (Å²) < 4.78 is 32.3. The summed E-state index contributed by atoms with van der Waals surface area (Å²) in [5.74, 6) is 0. The first-order valence-electron chi connectivity index (χ1n) is 10.9. The Balaban J connectivity index is 2.17. The van der Waals surface area contributed by atoms with Gasteiger partial charge in [0.2, 0.25) is 0 Å². The maximum absolute atomic E-state index is 10.7. The lowest BCUT2D eigenvalue weighted by atomic mass is 9.97. The van der Waals surface area contributed by atoms with Crippen molar-refractivity contribution in [2.24, 2.45) is 0 Å². The SMILES string of the molecule is COC1OC(CO)C(O)C(OC2OC(CO)C(O)C(O)C2O)C1OCOC(CO)C(O)C(O)CO. The highest BCUT2D eigenvalue weighted by Crippen LogP contribution is 2.31. The number of ether oxygens (including phenoxy) is 6. The maximum Gasteiger partial charge on any atom is 0.187 e. The normalized spacial score (nSPS) is 40.9. The van der Waals surface area contributed by atoms with Crippen LogP contribution in [0.3, 0.4) is 0 Å². The molecule has 16 nitrogen and oxygen atoms in total. The van der Waals surface area contributed by atoms with E-state index < -0.39 is 113 Å². The van der Waals surface area contributed by atoms with E-state index in [0.29, 0.717) is 0 Å². The van der Waals surface area contributed by atoms with Crippen molar-refractivity contribution < 1.29 is 79.5 Å². The van der Waals surface area contributed by atoms with Crippen LogP contribution in [0.5, 0.6) is 0 Å². The molecule has 13 unspecified atom stereocenters. The van der Waals surface area contributed by atoms with Gasteiger partial charge in [-0.25, -0.2) is 0 Å². The number of rotatable bonds is 13. The summed E-state index contributed by atoms with van der Waals surface area (Å²) >= 11 is 0. The first-order valence-corrected chi connectivity index (χ1v) is 10.9. The first-order chi connectivity index (χ1) is 16.6. The van der Waals surface area contributed by atoms with Crippen LogP contribution in [0.4, 0.5) is 0 Å². The lowest BCUT2D eigenvalue weighted by Gasteiger charge is -2.46. The van der Waals surface area contributed by atoms with Crippen LogP contribution >= 0.6 is 0 Å². The predicted octanol–water partition coefficient (Wildman–Crippen LogP) is -6.67. The van der Waals surface area contributed by atoms with Gasteiger partial charge in [0.15, 0.2) is 12.6 Å². The number of aliphatic hydroxyl groups is 10. The van der Waals surface area contributed by atoms with Crippen molar-refractivity contribution in [3.8, 4) is 0 Å². The number of hydrogen-bond acceptors (Lipinski definition) is 16. The van der Waals surface area contributed by atoms with Gasteiger partial charge in [-0.2, -0.15) is 0 Å². The Morgan fingerprint density at radius 3 is 1.89 bits per heavy atom.